The second-order valence-electron chi connectivity index (χ2n) is 4.36. The largest absolute Gasteiger partial charge is 0.494 e. The molecule has 0 aliphatic carbocycles. The van der Waals surface area contributed by atoms with Crippen molar-refractivity contribution in [2.24, 2.45) is 0 Å². The summed E-state index contributed by atoms with van der Waals surface area (Å²) in [6.45, 7) is 0. The lowest BCUT2D eigenvalue weighted by molar-refractivity contribution is 0.405. The quantitative estimate of drug-likeness (QED) is 0.782. The number of nitrogens with two attached hydrogens (primary N) is 1. The molecular weight excluding hydrogens is 334 g/mol. The summed E-state index contributed by atoms with van der Waals surface area (Å²) in [6.07, 6.45) is 3.29. The molecule has 106 valence electrons. The van der Waals surface area contributed by atoms with E-state index in [0.29, 0.717) is 17.3 Å². The standard InChI is InChI=1S/C15H12BrN3O2/c1-20-12-8-18-6-5-11(12)14-13(15(17)19-21-14)9-3-2-4-10(16)7-9/h2-8H,1H3,(H2,17,19). The van der Waals surface area contributed by atoms with Crippen LogP contribution in [0.4, 0.5) is 5.82 Å². The second kappa shape index (κ2) is 5.57. The van der Waals surface area contributed by atoms with Gasteiger partial charge in [0.1, 0.15) is 5.75 Å². The van der Waals surface area contributed by atoms with Gasteiger partial charge in [-0.3, -0.25) is 4.98 Å². The Hall–Kier alpha value is -2.34. The van der Waals surface area contributed by atoms with Crippen LogP contribution >= 0.6 is 15.9 Å². The molecule has 2 heterocycles. The molecular formula is C15H12BrN3O2. The van der Waals surface area contributed by atoms with Crippen LogP contribution in [0.5, 0.6) is 5.75 Å². The van der Waals surface area contributed by atoms with Crippen molar-refractivity contribution in [3.8, 4) is 28.2 Å². The van der Waals surface area contributed by atoms with Gasteiger partial charge in [-0.05, 0) is 23.8 Å². The van der Waals surface area contributed by atoms with Gasteiger partial charge in [-0.2, -0.15) is 0 Å². The Morgan fingerprint density at radius 2 is 2.14 bits per heavy atom. The van der Waals surface area contributed by atoms with E-state index >= 15 is 0 Å². The van der Waals surface area contributed by atoms with Gasteiger partial charge in [-0.25, -0.2) is 0 Å². The van der Waals surface area contributed by atoms with Crippen molar-refractivity contribution in [1.82, 2.24) is 10.1 Å². The Bertz CT molecular complexity index is 786. The van der Waals surface area contributed by atoms with E-state index < -0.39 is 0 Å². The highest BCUT2D eigenvalue weighted by Crippen LogP contribution is 2.40. The topological polar surface area (TPSA) is 74.2 Å². The number of nitrogen functional groups attached to an aromatic ring is 1. The summed E-state index contributed by atoms with van der Waals surface area (Å²) in [6, 6.07) is 9.59. The van der Waals surface area contributed by atoms with Crippen LogP contribution in [0.1, 0.15) is 0 Å². The number of hydrogen-bond donors (Lipinski definition) is 1. The van der Waals surface area contributed by atoms with Crippen LogP contribution in [0.3, 0.4) is 0 Å². The van der Waals surface area contributed by atoms with Crippen molar-refractivity contribution in [1.29, 1.82) is 0 Å². The number of ether oxygens (including phenoxy) is 1. The Balaban J connectivity index is 2.22. The van der Waals surface area contributed by atoms with Crippen LogP contribution < -0.4 is 10.5 Å². The molecule has 0 saturated carbocycles. The Labute approximate surface area is 129 Å². The van der Waals surface area contributed by atoms with Crippen LogP contribution in [0.2, 0.25) is 0 Å². The zero-order valence-electron chi connectivity index (χ0n) is 11.2. The molecule has 0 saturated heterocycles. The molecule has 0 radical (unpaired) electrons. The Morgan fingerprint density at radius 3 is 2.90 bits per heavy atom. The number of pyridine rings is 1. The summed E-state index contributed by atoms with van der Waals surface area (Å²) >= 11 is 3.45. The first-order valence-electron chi connectivity index (χ1n) is 6.20. The van der Waals surface area contributed by atoms with Crippen molar-refractivity contribution in [2.45, 2.75) is 0 Å². The SMILES string of the molecule is COc1cnccc1-c1onc(N)c1-c1cccc(Br)c1. The van der Waals surface area contributed by atoms with E-state index in [2.05, 4.69) is 26.1 Å². The molecule has 0 bridgehead atoms. The van der Waals surface area contributed by atoms with Gasteiger partial charge in [-0.15, -0.1) is 0 Å². The van der Waals surface area contributed by atoms with Gasteiger partial charge in [0.15, 0.2) is 11.6 Å². The first kappa shape index (κ1) is 13.6. The fourth-order valence-corrected chi connectivity index (χ4v) is 2.54. The normalized spacial score (nSPS) is 10.6. The van der Waals surface area contributed by atoms with Crippen molar-refractivity contribution < 1.29 is 9.26 Å². The number of benzene rings is 1. The van der Waals surface area contributed by atoms with Crippen molar-refractivity contribution in [3.63, 3.8) is 0 Å². The number of nitrogens with zero attached hydrogens (tertiary/aromatic N) is 2. The highest BCUT2D eigenvalue weighted by molar-refractivity contribution is 9.10. The number of hydrogen-bond acceptors (Lipinski definition) is 5. The molecule has 3 aromatic rings. The summed E-state index contributed by atoms with van der Waals surface area (Å²) in [5.41, 5.74) is 8.38. The molecule has 0 atom stereocenters. The average Bonchev–Trinajstić information content (AvgIpc) is 2.88. The minimum atomic E-state index is 0.335. The predicted molar refractivity (Wildman–Crippen MR) is 83.8 cm³/mol. The van der Waals surface area contributed by atoms with Crippen LogP contribution in [0.25, 0.3) is 22.5 Å². The average molecular weight is 346 g/mol. The van der Waals surface area contributed by atoms with E-state index in [1.165, 1.54) is 0 Å². The third kappa shape index (κ3) is 2.50. The van der Waals surface area contributed by atoms with Gasteiger partial charge in [-0.1, -0.05) is 33.2 Å². The summed E-state index contributed by atoms with van der Waals surface area (Å²) in [5.74, 6) is 1.50. The number of anilines is 1. The van der Waals surface area contributed by atoms with Gasteiger partial charge in [0.2, 0.25) is 0 Å². The molecule has 2 N–H and O–H groups in total. The molecule has 0 unspecified atom stereocenters. The van der Waals surface area contributed by atoms with Crippen LogP contribution in [0, 0.1) is 0 Å². The first-order chi connectivity index (χ1) is 10.2. The van der Waals surface area contributed by atoms with E-state index in [1.54, 1.807) is 25.6 Å². The van der Waals surface area contributed by atoms with E-state index in [-0.39, 0.29) is 0 Å². The van der Waals surface area contributed by atoms with Crippen molar-refractivity contribution in [2.75, 3.05) is 12.8 Å². The molecule has 0 amide bonds. The summed E-state index contributed by atoms with van der Waals surface area (Å²) in [5, 5.41) is 3.89. The van der Waals surface area contributed by atoms with Gasteiger partial charge >= 0.3 is 0 Å². The third-order valence-corrected chi connectivity index (χ3v) is 3.57. The maximum Gasteiger partial charge on any atom is 0.180 e. The monoisotopic (exact) mass is 345 g/mol. The van der Waals surface area contributed by atoms with E-state index in [0.717, 1.165) is 21.2 Å². The maximum absolute atomic E-state index is 5.98. The lowest BCUT2D eigenvalue weighted by Gasteiger charge is -2.07. The maximum atomic E-state index is 5.98. The minimum absolute atomic E-state index is 0.335. The number of aromatic nitrogens is 2. The zero-order chi connectivity index (χ0) is 14.8. The number of methoxy groups -OCH3 is 1. The highest BCUT2D eigenvalue weighted by Gasteiger charge is 2.20. The van der Waals surface area contributed by atoms with E-state index in [1.807, 2.05) is 24.3 Å². The van der Waals surface area contributed by atoms with Gasteiger partial charge < -0.3 is 15.0 Å². The van der Waals surface area contributed by atoms with E-state index in [4.69, 9.17) is 15.0 Å². The van der Waals surface area contributed by atoms with Gasteiger partial charge in [0.05, 0.1) is 24.4 Å². The third-order valence-electron chi connectivity index (χ3n) is 3.08. The number of halogens is 1. The predicted octanol–water partition coefficient (Wildman–Crippen LogP) is 3.76. The molecule has 0 fully saturated rings. The smallest absolute Gasteiger partial charge is 0.180 e. The summed E-state index contributed by atoms with van der Waals surface area (Å²) in [4.78, 5) is 4.04. The molecule has 0 aliphatic rings. The first-order valence-corrected chi connectivity index (χ1v) is 6.99. The fourth-order valence-electron chi connectivity index (χ4n) is 2.14. The molecule has 6 heteroatoms. The Morgan fingerprint density at radius 1 is 1.29 bits per heavy atom. The Kier molecular flexibility index (Phi) is 3.62. The molecule has 2 aromatic heterocycles. The van der Waals surface area contributed by atoms with Crippen LogP contribution in [-0.4, -0.2) is 17.3 Å². The zero-order valence-corrected chi connectivity index (χ0v) is 12.8. The van der Waals surface area contributed by atoms with Crippen LogP contribution in [-0.2, 0) is 0 Å². The molecule has 3 rings (SSSR count). The highest BCUT2D eigenvalue weighted by atomic mass is 79.9. The summed E-state index contributed by atoms with van der Waals surface area (Å²) in [7, 11) is 1.58. The molecule has 5 nitrogen and oxygen atoms in total. The molecule has 1 aromatic carbocycles. The molecule has 0 aliphatic heterocycles. The van der Waals surface area contributed by atoms with Crippen LogP contribution in [0.15, 0.2) is 51.7 Å². The minimum Gasteiger partial charge on any atom is -0.494 e. The van der Waals surface area contributed by atoms with Crippen molar-refractivity contribution >= 4 is 21.7 Å². The molecule has 0 spiro atoms. The number of rotatable bonds is 3. The van der Waals surface area contributed by atoms with Gasteiger partial charge in [0, 0.05) is 10.7 Å². The lowest BCUT2D eigenvalue weighted by atomic mass is 10.0. The summed E-state index contributed by atoms with van der Waals surface area (Å²) < 4.78 is 11.7. The lowest BCUT2D eigenvalue weighted by Crippen LogP contribution is -1.91. The fraction of sp³-hybridized carbons (Fsp3) is 0.0667. The second-order valence-corrected chi connectivity index (χ2v) is 5.27. The van der Waals surface area contributed by atoms with E-state index in [9.17, 15) is 0 Å². The van der Waals surface area contributed by atoms with Gasteiger partial charge in [0.25, 0.3) is 0 Å². The van der Waals surface area contributed by atoms with Crippen molar-refractivity contribution in [3.05, 3.63) is 47.2 Å². The molecule has 21 heavy (non-hydrogen) atoms.